The molecule has 0 amide bonds. The van der Waals surface area contributed by atoms with Gasteiger partial charge in [0.15, 0.2) is 6.29 Å². The fourth-order valence-electron chi connectivity index (χ4n) is 1.43. The van der Waals surface area contributed by atoms with Gasteiger partial charge in [-0.3, -0.25) is 0 Å². The standard InChI is InChI=1S/C11H11NO2/c12-6-5-9-1-3-10(4-2-9)11-13-7-8-14-11/h1-4,11H,5,7-8H2. The molecular formula is C11H11NO2. The van der Waals surface area contributed by atoms with Crippen LogP contribution in [0.15, 0.2) is 24.3 Å². The number of ether oxygens (including phenoxy) is 2. The van der Waals surface area contributed by atoms with Crippen LogP contribution in [0.2, 0.25) is 0 Å². The fourth-order valence-corrected chi connectivity index (χ4v) is 1.43. The average molecular weight is 189 g/mol. The summed E-state index contributed by atoms with van der Waals surface area (Å²) in [7, 11) is 0. The lowest BCUT2D eigenvalue weighted by molar-refractivity contribution is -0.0441. The highest BCUT2D eigenvalue weighted by Gasteiger charge is 2.17. The van der Waals surface area contributed by atoms with Crippen LogP contribution in [-0.4, -0.2) is 13.2 Å². The van der Waals surface area contributed by atoms with Crippen LogP contribution in [0.3, 0.4) is 0 Å². The van der Waals surface area contributed by atoms with E-state index < -0.39 is 0 Å². The molecule has 0 saturated carbocycles. The number of hydrogen-bond donors (Lipinski definition) is 0. The first kappa shape index (κ1) is 9.20. The maximum absolute atomic E-state index is 8.50. The molecule has 0 aliphatic carbocycles. The van der Waals surface area contributed by atoms with E-state index in [1.54, 1.807) is 0 Å². The minimum Gasteiger partial charge on any atom is -0.346 e. The van der Waals surface area contributed by atoms with E-state index in [2.05, 4.69) is 6.07 Å². The van der Waals surface area contributed by atoms with Crippen LogP contribution in [0.5, 0.6) is 0 Å². The normalized spacial score (nSPS) is 16.8. The number of hydrogen-bond acceptors (Lipinski definition) is 3. The summed E-state index contributed by atoms with van der Waals surface area (Å²) in [6, 6.07) is 9.87. The summed E-state index contributed by atoms with van der Waals surface area (Å²) in [5.74, 6) is 0. The zero-order valence-electron chi connectivity index (χ0n) is 7.77. The molecule has 3 nitrogen and oxygen atoms in total. The third kappa shape index (κ3) is 1.92. The summed E-state index contributed by atoms with van der Waals surface area (Å²) < 4.78 is 10.7. The predicted molar refractivity (Wildman–Crippen MR) is 50.4 cm³/mol. The van der Waals surface area contributed by atoms with Crippen LogP contribution in [0.1, 0.15) is 17.4 Å². The van der Waals surface area contributed by atoms with Gasteiger partial charge < -0.3 is 9.47 Å². The summed E-state index contributed by atoms with van der Waals surface area (Å²) >= 11 is 0. The second-order valence-corrected chi connectivity index (χ2v) is 3.15. The van der Waals surface area contributed by atoms with Crippen LogP contribution in [0, 0.1) is 11.3 Å². The Kier molecular flexibility index (Phi) is 2.78. The average Bonchev–Trinajstić information content (AvgIpc) is 2.72. The Morgan fingerprint density at radius 1 is 1.21 bits per heavy atom. The Morgan fingerprint density at radius 2 is 1.86 bits per heavy atom. The molecule has 72 valence electrons. The molecule has 3 heteroatoms. The van der Waals surface area contributed by atoms with E-state index in [0.717, 1.165) is 11.1 Å². The first-order valence-electron chi connectivity index (χ1n) is 4.59. The quantitative estimate of drug-likeness (QED) is 0.712. The van der Waals surface area contributed by atoms with E-state index in [0.29, 0.717) is 19.6 Å². The largest absolute Gasteiger partial charge is 0.346 e. The highest BCUT2D eigenvalue weighted by molar-refractivity contribution is 5.25. The molecule has 0 spiro atoms. The summed E-state index contributed by atoms with van der Waals surface area (Å²) in [5, 5.41) is 8.50. The molecule has 1 aliphatic heterocycles. The fraction of sp³-hybridized carbons (Fsp3) is 0.364. The molecule has 0 radical (unpaired) electrons. The van der Waals surface area contributed by atoms with Crippen molar-refractivity contribution in [1.82, 2.24) is 0 Å². The molecule has 1 fully saturated rings. The van der Waals surface area contributed by atoms with Crippen molar-refractivity contribution in [2.75, 3.05) is 13.2 Å². The van der Waals surface area contributed by atoms with Gasteiger partial charge in [-0.2, -0.15) is 5.26 Å². The second kappa shape index (κ2) is 4.23. The predicted octanol–water partition coefficient (Wildman–Crippen LogP) is 1.80. The van der Waals surface area contributed by atoms with Gasteiger partial charge >= 0.3 is 0 Å². The molecule has 1 aromatic rings. The lowest BCUT2D eigenvalue weighted by Crippen LogP contribution is -1.97. The van der Waals surface area contributed by atoms with E-state index in [-0.39, 0.29) is 6.29 Å². The SMILES string of the molecule is N#CCc1ccc(C2OCCO2)cc1. The third-order valence-corrected chi connectivity index (χ3v) is 2.16. The molecule has 0 N–H and O–H groups in total. The van der Waals surface area contributed by atoms with Crippen LogP contribution in [0.4, 0.5) is 0 Å². The van der Waals surface area contributed by atoms with E-state index in [1.807, 2.05) is 24.3 Å². The Labute approximate surface area is 82.9 Å². The smallest absolute Gasteiger partial charge is 0.184 e. The highest BCUT2D eigenvalue weighted by atomic mass is 16.7. The Hall–Kier alpha value is -1.37. The topological polar surface area (TPSA) is 42.2 Å². The number of nitriles is 1. The molecule has 1 aromatic carbocycles. The van der Waals surface area contributed by atoms with E-state index in [9.17, 15) is 0 Å². The molecule has 0 atom stereocenters. The molecule has 2 rings (SSSR count). The first-order valence-corrected chi connectivity index (χ1v) is 4.59. The van der Waals surface area contributed by atoms with E-state index in [4.69, 9.17) is 14.7 Å². The van der Waals surface area contributed by atoms with Crippen molar-refractivity contribution in [3.05, 3.63) is 35.4 Å². The lowest BCUT2D eigenvalue weighted by Gasteiger charge is -2.08. The summed E-state index contributed by atoms with van der Waals surface area (Å²) in [5.41, 5.74) is 2.04. The van der Waals surface area contributed by atoms with Gasteiger partial charge in [-0.15, -0.1) is 0 Å². The van der Waals surface area contributed by atoms with Crippen LogP contribution in [-0.2, 0) is 15.9 Å². The molecule has 1 aliphatic rings. The van der Waals surface area contributed by atoms with Crippen molar-refractivity contribution < 1.29 is 9.47 Å². The van der Waals surface area contributed by atoms with Gasteiger partial charge in [-0.1, -0.05) is 24.3 Å². The molecule has 1 saturated heterocycles. The van der Waals surface area contributed by atoms with Crippen molar-refractivity contribution in [1.29, 1.82) is 5.26 Å². The van der Waals surface area contributed by atoms with Crippen molar-refractivity contribution in [2.45, 2.75) is 12.7 Å². The Morgan fingerprint density at radius 3 is 2.43 bits per heavy atom. The molecule has 14 heavy (non-hydrogen) atoms. The number of benzene rings is 1. The van der Waals surface area contributed by atoms with Gasteiger partial charge in [0.25, 0.3) is 0 Å². The third-order valence-electron chi connectivity index (χ3n) is 2.16. The van der Waals surface area contributed by atoms with Gasteiger partial charge in [-0.05, 0) is 5.56 Å². The minimum atomic E-state index is -0.217. The zero-order valence-corrected chi connectivity index (χ0v) is 7.77. The number of rotatable bonds is 2. The molecule has 0 aromatic heterocycles. The van der Waals surface area contributed by atoms with Crippen molar-refractivity contribution >= 4 is 0 Å². The maximum atomic E-state index is 8.50. The van der Waals surface area contributed by atoms with Gasteiger partial charge in [0.2, 0.25) is 0 Å². The van der Waals surface area contributed by atoms with Gasteiger partial charge in [0.05, 0.1) is 25.7 Å². The van der Waals surface area contributed by atoms with E-state index >= 15 is 0 Å². The first-order chi connectivity index (χ1) is 6.90. The highest BCUT2D eigenvalue weighted by Crippen LogP contribution is 2.23. The summed E-state index contributed by atoms with van der Waals surface area (Å²) in [6.07, 6.45) is 0.235. The van der Waals surface area contributed by atoms with Crippen molar-refractivity contribution in [3.63, 3.8) is 0 Å². The minimum absolute atomic E-state index is 0.217. The van der Waals surface area contributed by atoms with Crippen LogP contribution < -0.4 is 0 Å². The monoisotopic (exact) mass is 189 g/mol. The molecular weight excluding hydrogens is 178 g/mol. The van der Waals surface area contributed by atoms with E-state index in [1.165, 1.54) is 0 Å². The van der Waals surface area contributed by atoms with Gasteiger partial charge in [-0.25, -0.2) is 0 Å². The van der Waals surface area contributed by atoms with Crippen molar-refractivity contribution in [3.8, 4) is 6.07 Å². The van der Waals surface area contributed by atoms with Crippen LogP contribution in [0.25, 0.3) is 0 Å². The summed E-state index contributed by atoms with van der Waals surface area (Å²) in [4.78, 5) is 0. The number of nitrogens with zero attached hydrogens (tertiary/aromatic N) is 1. The second-order valence-electron chi connectivity index (χ2n) is 3.15. The summed E-state index contributed by atoms with van der Waals surface area (Å²) in [6.45, 7) is 1.31. The maximum Gasteiger partial charge on any atom is 0.184 e. The Balaban J connectivity index is 2.09. The lowest BCUT2D eigenvalue weighted by atomic mass is 10.1. The molecule has 0 bridgehead atoms. The molecule has 1 heterocycles. The Bertz CT molecular complexity index is 333. The molecule has 0 unspecified atom stereocenters. The van der Waals surface area contributed by atoms with Crippen molar-refractivity contribution in [2.24, 2.45) is 0 Å². The van der Waals surface area contributed by atoms with Gasteiger partial charge in [0, 0.05) is 5.56 Å². The zero-order chi connectivity index (χ0) is 9.80. The van der Waals surface area contributed by atoms with Gasteiger partial charge in [0.1, 0.15) is 0 Å². The van der Waals surface area contributed by atoms with Crippen LogP contribution >= 0.6 is 0 Å².